The zero-order chi connectivity index (χ0) is 15.2. The van der Waals surface area contributed by atoms with E-state index in [9.17, 15) is 9.59 Å². The number of thioether (sulfide) groups is 2. The van der Waals surface area contributed by atoms with Gasteiger partial charge >= 0.3 is 12.0 Å². The number of anilines is 1. The molecule has 1 aliphatic heterocycles. The highest BCUT2D eigenvalue weighted by molar-refractivity contribution is 8.06. The summed E-state index contributed by atoms with van der Waals surface area (Å²) in [5, 5.41) is 15.2. The van der Waals surface area contributed by atoms with Crippen molar-refractivity contribution in [1.82, 2.24) is 5.32 Å². The zero-order valence-corrected chi connectivity index (χ0v) is 13.5. The summed E-state index contributed by atoms with van der Waals surface area (Å²) in [7, 11) is 0. The number of aromatic carboxylic acids is 1. The van der Waals surface area contributed by atoms with Gasteiger partial charge in [-0.3, -0.25) is 0 Å². The fraction of sp³-hybridized carbons (Fsp3) is 0.385. The molecule has 114 valence electrons. The topological polar surface area (TPSA) is 78.4 Å². The molecule has 1 unspecified atom stereocenters. The lowest BCUT2D eigenvalue weighted by Gasteiger charge is -2.21. The van der Waals surface area contributed by atoms with E-state index in [-0.39, 0.29) is 11.3 Å². The van der Waals surface area contributed by atoms with Gasteiger partial charge in [-0.15, -0.1) is 0 Å². The maximum Gasteiger partial charge on any atom is 0.337 e. The van der Waals surface area contributed by atoms with Crippen molar-refractivity contribution >= 4 is 52.8 Å². The summed E-state index contributed by atoms with van der Waals surface area (Å²) in [4.78, 5) is 23.0. The molecular weight excluding hydrogens is 332 g/mol. The summed E-state index contributed by atoms with van der Waals surface area (Å²) in [6.45, 7) is 0.562. The monoisotopic (exact) mass is 346 g/mol. The number of hydrogen-bond acceptors (Lipinski definition) is 4. The molecule has 3 N–H and O–H groups in total. The summed E-state index contributed by atoms with van der Waals surface area (Å²) >= 11 is 9.56. The summed E-state index contributed by atoms with van der Waals surface area (Å²) < 4.78 is 0. The Morgan fingerprint density at radius 2 is 2.19 bits per heavy atom. The van der Waals surface area contributed by atoms with Crippen LogP contribution in [0.1, 0.15) is 10.4 Å². The highest BCUT2D eigenvalue weighted by Gasteiger charge is 2.16. The molecule has 0 radical (unpaired) electrons. The molecule has 1 atom stereocenters. The van der Waals surface area contributed by atoms with Crippen molar-refractivity contribution in [3.63, 3.8) is 0 Å². The third kappa shape index (κ3) is 5.01. The number of halogens is 1. The molecule has 1 aromatic carbocycles. The maximum absolute atomic E-state index is 11.9. The molecule has 2 rings (SSSR count). The van der Waals surface area contributed by atoms with E-state index < -0.39 is 12.0 Å². The fourth-order valence-electron chi connectivity index (χ4n) is 1.83. The van der Waals surface area contributed by atoms with Crippen molar-refractivity contribution in [3.05, 3.63) is 28.8 Å². The molecule has 0 spiro atoms. The van der Waals surface area contributed by atoms with Gasteiger partial charge in [-0.25, -0.2) is 9.59 Å². The van der Waals surface area contributed by atoms with Gasteiger partial charge in [0.25, 0.3) is 0 Å². The van der Waals surface area contributed by atoms with Crippen LogP contribution in [0.25, 0.3) is 0 Å². The van der Waals surface area contributed by atoms with Gasteiger partial charge in [-0.1, -0.05) is 11.6 Å². The Balaban J connectivity index is 1.92. The SMILES string of the molecule is O=C(NCC1CSCCS1)Nc1cc(Cl)ccc1C(=O)O. The number of rotatable bonds is 4. The van der Waals surface area contributed by atoms with Gasteiger partial charge in [0.1, 0.15) is 0 Å². The Bertz CT molecular complexity index is 536. The van der Waals surface area contributed by atoms with E-state index in [0.29, 0.717) is 16.8 Å². The van der Waals surface area contributed by atoms with E-state index in [1.807, 2.05) is 23.5 Å². The average molecular weight is 347 g/mol. The fourth-order valence-corrected chi connectivity index (χ4v) is 4.62. The predicted molar refractivity (Wildman–Crippen MR) is 89.0 cm³/mol. The molecule has 1 aliphatic rings. The standard InChI is InChI=1S/C13H15ClN2O3S2/c14-8-1-2-10(12(17)18)11(5-8)16-13(19)15-6-9-7-20-3-4-21-9/h1-2,5,9H,3-4,6-7H2,(H,17,18)(H2,15,16,19). The Morgan fingerprint density at radius 3 is 2.86 bits per heavy atom. The van der Waals surface area contributed by atoms with Crippen LogP contribution in [-0.2, 0) is 0 Å². The van der Waals surface area contributed by atoms with Gasteiger partial charge in [0.05, 0.1) is 11.3 Å². The Kier molecular flexibility index (Phi) is 6.08. The lowest BCUT2D eigenvalue weighted by Crippen LogP contribution is -2.36. The maximum atomic E-state index is 11.9. The van der Waals surface area contributed by atoms with E-state index in [0.717, 1.165) is 17.3 Å². The molecule has 0 aliphatic carbocycles. The zero-order valence-electron chi connectivity index (χ0n) is 11.1. The molecule has 1 fully saturated rings. The van der Waals surface area contributed by atoms with Gasteiger partial charge in [-0.05, 0) is 18.2 Å². The van der Waals surface area contributed by atoms with Crippen LogP contribution in [0, 0.1) is 0 Å². The van der Waals surface area contributed by atoms with Gasteiger partial charge in [-0.2, -0.15) is 23.5 Å². The lowest BCUT2D eigenvalue weighted by molar-refractivity contribution is 0.0698. The van der Waals surface area contributed by atoms with Crippen LogP contribution in [0.5, 0.6) is 0 Å². The van der Waals surface area contributed by atoms with Crippen molar-refractivity contribution in [2.45, 2.75) is 5.25 Å². The predicted octanol–water partition coefficient (Wildman–Crippen LogP) is 3.01. The minimum Gasteiger partial charge on any atom is -0.478 e. The van der Waals surface area contributed by atoms with E-state index in [1.54, 1.807) is 0 Å². The van der Waals surface area contributed by atoms with Crippen LogP contribution in [0.4, 0.5) is 10.5 Å². The van der Waals surface area contributed by atoms with E-state index in [2.05, 4.69) is 10.6 Å². The van der Waals surface area contributed by atoms with E-state index in [4.69, 9.17) is 16.7 Å². The van der Waals surface area contributed by atoms with Crippen molar-refractivity contribution < 1.29 is 14.7 Å². The van der Waals surface area contributed by atoms with Gasteiger partial charge < -0.3 is 15.7 Å². The second kappa shape index (κ2) is 7.82. The van der Waals surface area contributed by atoms with Crippen LogP contribution in [0.2, 0.25) is 5.02 Å². The second-order valence-corrected chi connectivity index (χ2v) is 7.39. The van der Waals surface area contributed by atoms with Crippen molar-refractivity contribution in [3.8, 4) is 0 Å². The molecule has 8 heteroatoms. The quantitative estimate of drug-likeness (QED) is 0.781. The van der Waals surface area contributed by atoms with Crippen LogP contribution < -0.4 is 10.6 Å². The second-order valence-electron chi connectivity index (χ2n) is 4.40. The molecule has 0 bridgehead atoms. The first-order valence-electron chi connectivity index (χ1n) is 6.33. The molecule has 2 amide bonds. The number of carboxylic acids is 1. The molecule has 21 heavy (non-hydrogen) atoms. The smallest absolute Gasteiger partial charge is 0.337 e. The largest absolute Gasteiger partial charge is 0.478 e. The highest BCUT2D eigenvalue weighted by Crippen LogP contribution is 2.23. The normalized spacial score (nSPS) is 18.0. The first kappa shape index (κ1) is 16.3. The van der Waals surface area contributed by atoms with Crippen molar-refractivity contribution in [2.24, 2.45) is 0 Å². The van der Waals surface area contributed by atoms with E-state index >= 15 is 0 Å². The van der Waals surface area contributed by atoms with Crippen LogP contribution in [-0.4, -0.2) is 46.2 Å². The number of amides is 2. The molecule has 1 saturated heterocycles. The van der Waals surface area contributed by atoms with Crippen molar-refractivity contribution in [1.29, 1.82) is 0 Å². The minimum absolute atomic E-state index is 0.0112. The molecule has 1 aromatic rings. The number of hydrogen-bond donors (Lipinski definition) is 3. The highest BCUT2D eigenvalue weighted by atomic mass is 35.5. The van der Waals surface area contributed by atoms with Gasteiger partial charge in [0.2, 0.25) is 0 Å². The first-order chi connectivity index (χ1) is 10.1. The third-order valence-electron chi connectivity index (χ3n) is 2.84. The van der Waals surface area contributed by atoms with Gasteiger partial charge in [0.15, 0.2) is 0 Å². The Morgan fingerprint density at radius 1 is 1.38 bits per heavy atom. The Hall–Kier alpha value is -1.05. The number of benzene rings is 1. The number of urea groups is 1. The van der Waals surface area contributed by atoms with Crippen molar-refractivity contribution in [2.75, 3.05) is 29.1 Å². The number of carboxylic acid groups (broad SMARTS) is 1. The Labute approximate surface area is 136 Å². The van der Waals surface area contributed by atoms with Crippen LogP contribution in [0.15, 0.2) is 18.2 Å². The summed E-state index contributed by atoms with van der Waals surface area (Å²) in [6.07, 6.45) is 0. The third-order valence-corrected chi connectivity index (χ3v) is 5.92. The minimum atomic E-state index is -1.11. The van der Waals surface area contributed by atoms with Crippen LogP contribution in [0.3, 0.4) is 0 Å². The molecule has 0 saturated carbocycles. The van der Waals surface area contributed by atoms with Gasteiger partial charge in [0, 0.05) is 34.1 Å². The lowest BCUT2D eigenvalue weighted by atomic mass is 10.2. The molecular formula is C13H15ClN2O3S2. The number of carbonyl (C=O) groups excluding carboxylic acids is 1. The number of nitrogens with one attached hydrogen (secondary N) is 2. The molecule has 5 nitrogen and oxygen atoms in total. The molecule has 0 aromatic heterocycles. The summed E-state index contributed by atoms with van der Waals surface area (Å²) in [5.74, 6) is 2.15. The average Bonchev–Trinajstić information content (AvgIpc) is 2.46. The first-order valence-corrected chi connectivity index (χ1v) is 8.91. The van der Waals surface area contributed by atoms with E-state index in [1.165, 1.54) is 18.2 Å². The summed E-state index contributed by atoms with van der Waals surface area (Å²) in [6, 6.07) is 3.85. The number of carbonyl (C=O) groups is 2. The van der Waals surface area contributed by atoms with Crippen LogP contribution >= 0.6 is 35.1 Å². The molecule has 1 heterocycles. The summed E-state index contributed by atoms with van der Waals surface area (Å²) in [5.41, 5.74) is 0.204.